The molecule has 6 heteroatoms. The molecule has 17 heavy (non-hydrogen) atoms. The normalized spacial score (nSPS) is 18.1. The van der Waals surface area contributed by atoms with E-state index in [-0.39, 0.29) is 5.84 Å². The summed E-state index contributed by atoms with van der Waals surface area (Å²) in [4.78, 5) is 13.2. The van der Waals surface area contributed by atoms with E-state index in [0.717, 1.165) is 0 Å². The predicted molar refractivity (Wildman–Crippen MR) is 66.1 cm³/mol. The van der Waals surface area contributed by atoms with E-state index < -0.39 is 5.97 Å². The zero-order chi connectivity index (χ0) is 12.3. The van der Waals surface area contributed by atoms with E-state index >= 15 is 0 Å². The highest BCUT2D eigenvalue weighted by Crippen LogP contribution is 2.20. The molecule has 1 fully saturated rings. The number of hydrazone groups is 1. The lowest BCUT2D eigenvalue weighted by Crippen LogP contribution is -2.43. The van der Waals surface area contributed by atoms with Crippen molar-refractivity contribution in [2.45, 2.75) is 0 Å². The Morgan fingerprint density at radius 2 is 2.24 bits per heavy atom. The van der Waals surface area contributed by atoms with Gasteiger partial charge in [-0.3, -0.25) is 5.43 Å². The molecule has 0 unspecified atom stereocenters. The maximum absolute atomic E-state index is 11.4. The second-order valence-electron chi connectivity index (χ2n) is 3.58. The molecule has 0 aliphatic carbocycles. The molecular weight excluding hydrogens is 242 g/mol. The molecule has 0 atom stereocenters. The van der Waals surface area contributed by atoms with Crippen LogP contribution >= 0.6 is 11.6 Å². The lowest BCUT2D eigenvalue weighted by Gasteiger charge is -2.24. The predicted octanol–water partition coefficient (Wildman–Crippen LogP) is 1.55. The number of ether oxygens (including phenoxy) is 1. The molecule has 1 N–H and O–H groups in total. The Labute approximate surface area is 104 Å². The van der Waals surface area contributed by atoms with Crippen LogP contribution in [0.5, 0.6) is 0 Å². The third-order valence-electron chi connectivity index (χ3n) is 2.36. The molecule has 2 rings (SSSR count). The molecular formula is C11H12ClN3O2. The number of benzene rings is 1. The SMILES string of the molecule is CN1CCOC(=O)/C1=N\Nc1ccccc1Cl. The van der Waals surface area contributed by atoms with Gasteiger partial charge in [-0.05, 0) is 12.1 Å². The summed E-state index contributed by atoms with van der Waals surface area (Å²) in [5, 5.41) is 4.55. The third-order valence-corrected chi connectivity index (χ3v) is 2.69. The number of likely N-dealkylation sites (N-methyl/N-ethyl adjacent to an activating group) is 1. The lowest BCUT2D eigenvalue weighted by molar-refractivity contribution is -0.138. The fraction of sp³-hybridized carbons (Fsp3) is 0.273. The van der Waals surface area contributed by atoms with Crippen LogP contribution in [0.15, 0.2) is 29.4 Å². The molecule has 1 aliphatic heterocycles. The van der Waals surface area contributed by atoms with Crippen LogP contribution in [0, 0.1) is 0 Å². The number of hydrogen-bond acceptors (Lipinski definition) is 4. The highest BCUT2D eigenvalue weighted by molar-refractivity contribution is 6.36. The van der Waals surface area contributed by atoms with Crippen molar-refractivity contribution in [3.63, 3.8) is 0 Å². The lowest BCUT2D eigenvalue weighted by atomic mass is 10.3. The number of anilines is 1. The van der Waals surface area contributed by atoms with E-state index in [4.69, 9.17) is 16.3 Å². The van der Waals surface area contributed by atoms with E-state index in [1.54, 1.807) is 24.1 Å². The van der Waals surface area contributed by atoms with E-state index in [0.29, 0.717) is 23.9 Å². The number of carbonyl (C=O) groups is 1. The first-order valence-corrected chi connectivity index (χ1v) is 5.53. The van der Waals surface area contributed by atoms with Gasteiger partial charge in [0.25, 0.3) is 0 Å². The van der Waals surface area contributed by atoms with Crippen molar-refractivity contribution in [3.8, 4) is 0 Å². The zero-order valence-corrected chi connectivity index (χ0v) is 10.1. The average molecular weight is 254 g/mol. The quantitative estimate of drug-likeness (QED) is 0.642. The molecule has 0 spiro atoms. The minimum absolute atomic E-state index is 0.246. The van der Waals surface area contributed by atoms with Gasteiger partial charge in [-0.1, -0.05) is 23.7 Å². The van der Waals surface area contributed by atoms with E-state index in [2.05, 4.69) is 10.5 Å². The molecule has 1 saturated heterocycles. The zero-order valence-electron chi connectivity index (χ0n) is 9.31. The second kappa shape index (κ2) is 5.05. The van der Waals surface area contributed by atoms with Crippen molar-refractivity contribution < 1.29 is 9.53 Å². The molecule has 1 heterocycles. The molecule has 90 valence electrons. The van der Waals surface area contributed by atoms with Gasteiger partial charge in [0.15, 0.2) is 0 Å². The molecule has 5 nitrogen and oxygen atoms in total. The Hall–Kier alpha value is -1.75. The summed E-state index contributed by atoms with van der Waals surface area (Å²) >= 11 is 5.95. The van der Waals surface area contributed by atoms with Gasteiger partial charge in [-0.25, -0.2) is 4.79 Å². The van der Waals surface area contributed by atoms with Gasteiger partial charge >= 0.3 is 5.97 Å². The number of carbonyl (C=O) groups excluding carboxylic acids is 1. The maximum atomic E-state index is 11.4. The van der Waals surface area contributed by atoms with Gasteiger partial charge in [-0.2, -0.15) is 0 Å². The molecule has 0 radical (unpaired) electrons. The average Bonchev–Trinajstić information content (AvgIpc) is 2.30. The van der Waals surface area contributed by atoms with Gasteiger partial charge in [0.05, 0.1) is 17.3 Å². The number of para-hydroxylation sites is 1. The second-order valence-corrected chi connectivity index (χ2v) is 3.99. The monoisotopic (exact) mass is 253 g/mol. The first-order valence-electron chi connectivity index (χ1n) is 5.15. The molecule has 1 aromatic rings. The van der Waals surface area contributed by atoms with E-state index in [1.165, 1.54) is 0 Å². The van der Waals surface area contributed by atoms with Crippen LogP contribution in [0.1, 0.15) is 0 Å². The third kappa shape index (κ3) is 2.68. The first kappa shape index (κ1) is 11.7. The summed E-state index contributed by atoms with van der Waals surface area (Å²) in [6.07, 6.45) is 0. The highest BCUT2D eigenvalue weighted by Gasteiger charge is 2.23. The van der Waals surface area contributed by atoms with Gasteiger partial charge in [0.1, 0.15) is 6.61 Å². The van der Waals surface area contributed by atoms with Crippen LogP contribution in [0.4, 0.5) is 5.69 Å². The number of esters is 1. The number of amidine groups is 1. The van der Waals surface area contributed by atoms with Crippen molar-refractivity contribution in [1.29, 1.82) is 0 Å². The van der Waals surface area contributed by atoms with E-state index in [9.17, 15) is 4.79 Å². The molecule has 0 bridgehead atoms. The van der Waals surface area contributed by atoms with Gasteiger partial charge < -0.3 is 9.64 Å². The number of rotatable bonds is 2. The fourth-order valence-electron chi connectivity index (χ4n) is 1.40. The smallest absolute Gasteiger partial charge is 0.376 e. The van der Waals surface area contributed by atoms with Gasteiger partial charge in [0, 0.05) is 7.05 Å². The molecule has 0 aromatic heterocycles. The topological polar surface area (TPSA) is 53.9 Å². The molecule has 1 aromatic carbocycles. The van der Waals surface area contributed by atoms with Crippen molar-refractivity contribution in [3.05, 3.63) is 29.3 Å². The van der Waals surface area contributed by atoms with Crippen molar-refractivity contribution >= 4 is 29.1 Å². The Morgan fingerprint density at radius 3 is 2.94 bits per heavy atom. The first-order chi connectivity index (χ1) is 8.18. The standard InChI is InChI=1S/C11H12ClN3O2/c1-15-6-7-17-11(16)10(15)14-13-9-5-3-2-4-8(9)12/h2-5,13H,6-7H2,1H3/b14-10+. The summed E-state index contributed by atoms with van der Waals surface area (Å²) in [6, 6.07) is 7.17. The van der Waals surface area contributed by atoms with Crippen LogP contribution in [0.3, 0.4) is 0 Å². The van der Waals surface area contributed by atoms with Crippen LogP contribution in [0.2, 0.25) is 5.02 Å². The Bertz CT molecular complexity index is 462. The van der Waals surface area contributed by atoms with Crippen LogP contribution in [0.25, 0.3) is 0 Å². The minimum atomic E-state index is -0.432. The highest BCUT2D eigenvalue weighted by atomic mass is 35.5. The summed E-state index contributed by atoms with van der Waals surface area (Å²) in [5.41, 5.74) is 3.40. The number of halogens is 1. The van der Waals surface area contributed by atoms with Crippen LogP contribution < -0.4 is 5.43 Å². The Morgan fingerprint density at radius 1 is 1.47 bits per heavy atom. The minimum Gasteiger partial charge on any atom is -0.458 e. The molecule has 0 saturated carbocycles. The number of nitrogens with one attached hydrogen (secondary N) is 1. The fourth-order valence-corrected chi connectivity index (χ4v) is 1.58. The van der Waals surface area contributed by atoms with Crippen LogP contribution in [-0.4, -0.2) is 36.9 Å². The van der Waals surface area contributed by atoms with Crippen molar-refractivity contribution in [1.82, 2.24) is 4.90 Å². The number of hydrogen-bond donors (Lipinski definition) is 1. The largest absolute Gasteiger partial charge is 0.458 e. The summed E-state index contributed by atoms with van der Waals surface area (Å²) < 4.78 is 4.90. The van der Waals surface area contributed by atoms with Gasteiger partial charge in [0.2, 0.25) is 5.84 Å². The molecule has 0 amide bonds. The van der Waals surface area contributed by atoms with Crippen LogP contribution in [-0.2, 0) is 9.53 Å². The number of morpholine rings is 1. The molecule has 1 aliphatic rings. The summed E-state index contributed by atoms with van der Waals surface area (Å²) in [5.74, 6) is -0.186. The number of cyclic esters (lactones) is 1. The number of nitrogens with zero attached hydrogens (tertiary/aromatic N) is 2. The van der Waals surface area contributed by atoms with Crippen molar-refractivity contribution in [2.75, 3.05) is 25.6 Å². The maximum Gasteiger partial charge on any atom is 0.376 e. The summed E-state index contributed by atoms with van der Waals surface area (Å²) in [7, 11) is 1.79. The Kier molecular flexibility index (Phi) is 3.49. The Balaban J connectivity index is 2.14. The van der Waals surface area contributed by atoms with Gasteiger partial charge in [-0.15, -0.1) is 5.10 Å². The van der Waals surface area contributed by atoms with Crippen molar-refractivity contribution in [2.24, 2.45) is 5.10 Å². The summed E-state index contributed by atoms with van der Waals surface area (Å²) in [6.45, 7) is 1.02. The van der Waals surface area contributed by atoms with E-state index in [1.807, 2.05) is 12.1 Å².